The number of ether oxygens (including phenoxy) is 4. The summed E-state index contributed by atoms with van der Waals surface area (Å²) in [5.74, 6) is 2.94. The van der Waals surface area contributed by atoms with E-state index >= 15 is 0 Å². The van der Waals surface area contributed by atoms with Crippen molar-refractivity contribution in [3.05, 3.63) is 66.0 Å². The Morgan fingerprint density at radius 1 is 0.875 bits per heavy atom. The van der Waals surface area contributed by atoms with Crippen LogP contribution in [0, 0.1) is 0 Å². The molecule has 7 nitrogen and oxygen atoms in total. The molecule has 0 amide bonds. The minimum absolute atomic E-state index is 0.152. The standard InChI is InChI=1S/C24H27N3O4S/c1-28-16-7-9-21(30-3)18(14-16)23-20-6-5-11-26(20)12-13-27(23)24(32)25-19-15-17(29-2)8-10-22(19)31-4/h5-11,14-15,23H,12-13H2,1-4H3,(H,25,32)/t23-/m1/s1. The number of hydrogen-bond donors (Lipinski definition) is 1. The van der Waals surface area contributed by atoms with E-state index in [-0.39, 0.29) is 6.04 Å². The second kappa shape index (κ2) is 9.40. The number of rotatable bonds is 6. The average Bonchev–Trinajstić information content (AvgIpc) is 3.31. The zero-order valence-corrected chi connectivity index (χ0v) is 19.4. The Bertz CT molecular complexity index is 1110. The van der Waals surface area contributed by atoms with Crippen LogP contribution in [0.4, 0.5) is 5.69 Å². The Hall–Kier alpha value is -3.39. The van der Waals surface area contributed by atoms with Gasteiger partial charge in [-0.05, 0) is 54.7 Å². The molecule has 4 rings (SSSR count). The zero-order valence-electron chi connectivity index (χ0n) is 18.6. The van der Waals surface area contributed by atoms with Gasteiger partial charge in [-0.15, -0.1) is 0 Å². The summed E-state index contributed by atoms with van der Waals surface area (Å²) in [6, 6.07) is 15.4. The molecule has 0 unspecified atom stereocenters. The van der Waals surface area contributed by atoms with Crippen molar-refractivity contribution in [1.29, 1.82) is 0 Å². The van der Waals surface area contributed by atoms with Crippen LogP contribution in [-0.4, -0.2) is 49.6 Å². The second-order valence-corrected chi connectivity index (χ2v) is 7.71. The maximum Gasteiger partial charge on any atom is 0.174 e. The molecule has 1 atom stereocenters. The van der Waals surface area contributed by atoms with E-state index in [0.717, 1.165) is 47.3 Å². The van der Waals surface area contributed by atoms with Gasteiger partial charge in [0, 0.05) is 36.6 Å². The monoisotopic (exact) mass is 453 g/mol. The summed E-state index contributed by atoms with van der Waals surface area (Å²) in [4.78, 5) is 2.17. The van der Waals surface area contributed by atoms with E-state index in [0.29, 0.717) is 10.9 Å². The fraction of sp³-hybridized carbons (Fsp3) is 0.292. The molecule has 1 N–H and O–H groups in total. The van der Waals surface area contributed by atoms with Crippen LogP contribution >= 0.6 is 12.2 Å². The third kappa shape index (κ3) is 4.05. The molecule has 1 aliphatic rings. The Morgan fingerprint density at radius 3 is 2.25 bits per heavy atom. The Labute approximate surface area is 193 Å². The molecule has 8 heteroatoms. The van der Waals surface area contributed by atoms with Gasteiger partial charge in [0.25, 0.3) is 0 Å². The lowest BCUT2D eigenvalue weighted by Crippen LogP contribution is -2.44. The average molecular weight is 454 g/mol. The van der Waals surface area contributed by atoms with E-state index in [1.807, 2.05) is 36.4 Å². The summed E-state index contributed by atoms with van der Waals surface area (Å²) in [5.41, 5.74) is 2.85. The minimum Gasteiger partial charge on any atom is -0.497 e. The van der Waals surface area contributed by atoms with Crippen molar-refractivity contribution in [3.8, 4) is 23.0 Å². The van der Waals surface area contributed by atoms with Crippen molar-refractivity contribution in [1.82, 2.24) is 9.47 Å². The van der Waals surface area contributed by atoms with Gasteiger partial charge in [-0.2, -0.15) is 0 Å². The SMILES string of the molecule is COc1ccc(OC)c(NC(=S)N2CCn3cccc3[C@H]2c2cc(OC)ccc2OC)c1. The highest BCUT2D eigenvalue weighted by Gasteiger charge is 2.33. The highest BCUT2D eigenvalue weighted by molar-refractivity contribution is 7.80. The van der Waals surface area contributed by atoms with Crippen molar-refractivity contribution >= 4 is 23.0 Å². The molecular weight excluding hydrogens is 426 g/mol. The van der Waals surface area contributed by atoms with E-state index in [1.165, 1.54) is 0 Å². The molecule has 0 aliphatic carbocycles. The van der Waals surface area contributed by atoms with Crippen LogP contribution < -0.4 is 24.3 Å². The maximum atomic E-state index is 5.90. The van der Waals surface area contributed by atoms with E-state index in [2.05, 4.69) is 33.1 Å². The molecule has 2 heterocycles. The molecule has 2 aromatic carbocycles. The van der Waals surface area contributed by atoms with Gasteiger partial charge in [0.1, 0.15) is 29.0 Å². The van der Waals surface area contributed by atoms with Gasteiger partial charge in [-0.3, -0.25) is 0 Å². The molecule has 0 bridgehead atoms. The molecule has 3 aromatic rings. The van der Waals surface area contributed by atoms with Gasteiger partial charge >= 0.3 is 0 Å². The predicted octanol–water partition coefficient (Wildman–Crippen LogP) is 4.32. The molecule has 0 radical (unpaired) electrons. The molecule has 168 valence electrons. The number of aromatic nitrogens is 1. The normalized spacial score (nSPS) is 15.0. The third-order valence-corrected chi connectivity index (χ3v) is 6.02. The van der Waals surface area contributed by atoms with Crippen LogP contribution in [0.1, 0.15) is 17.3 Å². The number of benzene rings is 2. The van der Waals surface area contributed by atoms with Gasteiger partial charge in [0.05, 0.1) is 34.1 Å². The van der Waals surface area contributed by atoms with Gasteiger partial charge in [0.15, 0.2) is 5.11 Å². The molecule has 1 aliphatic heterocycles. The second-order valence-electron chi connectivity index (χ2n) is 7.33. The fourth-order valence-corrected chi connectivity index (χ4v) is 4.39. The molecule has 1 aromatic heterocycles. The van der Waals surface area contributed by atoms with Gasteiger partial charge < -0.3 is 33.7 Å². The molecular formula is C24H27N3O4S. The summed E-state index contributed by atoms with van der Waals surface area (Å²) >= 11 is 5.90. The van der Waals surface area contributed by atoms with Crippen molar-refractivity contribution in [3.63, 3.8) is 0 Å². The van der Waals surface area contributed by atoms with Crippen LogP contribution in [0.2, 0.25) is 0 Å². The van der Waals surface area contributed by atoms with Crippen molar-refractivity contribution in [2.24, 2.45) is 0 Å². The topological polar surface area (TPSA) is 57.1 Å². The maximum absolute atomic E-state index is 5.90. The molecule has 0 fully saturated rings. The summed E-state index contributed by atoms with van der Waals surface area (Å²) in [6.07, 6.45) is 2.09. The number of nitrogens with zero attached hydrogens (tertiary/aromatic N) is 2. The fourth-order valence-electron chi connectivity index (χ4n) is 4.08. The third-order valence-electron chi connectivity index (χ3n) is 5.68. The zero-order chi connectivity index (χ0) is 22.7. The summed E-state index contributed by atoms with van der Waals surface area (Å²) < 4.78 is 24.4. The number of hydrogen-bond acceptors (Lipinski definition) is 5. The molecule has 32 heavy (non-hydrogen) atoms. The molecule has 0 spiro atoms. The van der Waals surface area contributed by atoms with Gasteiger partial charge in [-0.25, -0.2) is 0 Å². The smallest absolute Gasteiger partial charge is 0.174 e. The number of nitrogens with one attached hydrogen (secondary N) is 1. The lowest BCUT2D eigenvalue weighted by atomic mass is 9.99. The van der Waals surface area contributed by atoms with Crippen LogP contribution in [-0.2, 0) is 6.54 Å². The first-order valence-electron chi connectivity index (χ1n) is 10.3. The summed E-state index contributed by atoms with van der Waals surface area (Å²) in [7, 11) is 6.60. The lowest BCUT2D eigenvalue weighted by Gasteiger charge is -2.39. The number of methoxy groups -OCH3 is 4. The van der Waals surface area contributed by atoms with E-state index in [9.17, 15) is 0 Å². The lowest BCUT2D eigenvalue weighted by molar-refractivity contribution is 0.284. The van der Waals surface area contributed by atoms with Gasteiger partial charge in [0.2, 0.25) is 0 Å². The first-order valence-corrected chi connectivity index (χ1v) is 10.7. The molecule has 0 saturated heterocycles. The largest absolute Gasteiger partial charge is 0.497 e. The highest BCUT2D eigenvalue weighted by atomic mass is 32.1. The number of thiocarbonyl (C=S) groups is 1. The van der Waals surface area contributed by atoms with Gasteiger partial charge in [-0.1, -0.05) is 0 Å². The Kier molecular flexibility index (Phi) is 6.41. The van der Waals surface area contributed by atoms with Crippen LogP contribution in [0.25, 0.3) is 0 Å². The Morgan fingerprint density at radius 2 is 1.56 bits per heavy atom. The van der Waals surface area contributed by atoms with E-state index in [1.54, 1.807) is 28.4 Å². The van der Waals surface area contributed by atoms with E-state index < -0.39 is 0 Å². The summed E-state index contributed by atoms with van der Waals surface area (Å²) in [6.45, 7) is 1.55. The number of fused-ring (bicyclic) bond motifs is 1. The first-order chi connectivity index (χ1) is 15.6. The van der Waals surface area contributed by atoms with E-state index in [4.69, 9.17) is 31.2 Å². The van der Waals surface area contributed by atoms with Crippen molar-refractivity contribution in [2.75, 3.05) is 40.3 Å². The quantitative estimate of drug-likeness (QED) is 0.558. The predicted molar refractivity (Wildman–Crippen MR) is 128 cm³/mol. The first kappa shape index (κ1) is 21.8. The molecule has 0 saturated carbocycles. The van der Waals surface area contributed by atoms with Crippen LogP contribution in [0.15, 0.2) is 54.7 Å². The van der Waals surface area contributed by atoms with Crippen molar-refractivity contribution < 1.29 is 18.9 Å². The van der Waals surface area contributed by atoms with Crippen LogP contribution in [0.3, 0.4) is 0 Å². The number of anilines is 1. The highest BCUT2D eigenvalue weighted by Crippen LogP contribution is 2.40. The minimum atomic E-state index is -0.152. The summed E-state index contributed by atoms with van der Waals surface area (Å²) in [5, 5.41) is 3.95. The van der Waals surface area contributed by atoms with Crippen molar-refractivity contribution in [2.45, 2.75) is 12.6 Å². The Balaban J connectivity index is 1.74. The van der Waals surface area contributed by atoms with Crippen LogP contribution in [0.5, 0.6) is 23.0 Å².